The topological polar surface area (TPSA) is 53.2 Å². The highest BCUT2D eigenvalue weighted by Gasteiger charge is 2.53. The lowest BCUT2D eigenvalue weighted by atomic mass is 9.86. The Bertz CT molecular complexity index is 507. The third-order valence-corrected chi connectivity index (χ3v) is 4.27. The number of halogens is 1. The van der Waals surface area contributed by atoms with Gasteiger partial charge in [-0.15, -0.1) is 12.4 Å². The number of nitrogens with one attached hydrogen (secondary N) is 3. The summed E-state index contributed by atoms with van der Waals surface area (Å²) < 4.78 is 0. The van der Waals surface area contributed by atoms with Crippen LogP contribution < -0.4 is 16.0 Å². The van der Waals surface area contributed by atoms with Gasteiger partial charge in [0.15, 0.2) is 0 Å². The Balaban J connectivity index is 0.000001000. The SMILES string of the molecule is Cl.O=C1NC2(CC3CCC2N3)Nc2ccccc21. The van der Waals surface area contributed by atoms with E-state index in [0.717, 1.165) is 24.1 Å². The molecule has 0 radical (unpaired) electrons. The molecule has 0 saturated carbocycles. The van der Waals surface area contributed by atoms with E-state index >= 15 is 0 Å². The summed E-state index contributed by atoms with van der Waals surface area (Å²) in [5, 5.41) is 10.3. The molecule has 1 aromatic carbocycles. The molecule has 0 aliphatic carbocycles. The number of para-hydroxylation sites is 1. The molecule has 4 nitrogen and oxygen atoms in total. The first-order valence-corrected chi connectivity index (χ1v) is 6.23. The molecule has 1 spiro atoms. The molecule has 18 heavy (non-hydrogen) atoms. The molecule has 1 aromatic rings. The van der Waals surface area contributed by atoms with Gasteiger partial charge in [0, 0.05) is 24.2 Å². The number of benzene rings is 1. The molecule has 3 atom stereocenters. The number of hydrogen-bond acceptors (Lipinski definition) is 3. The molecular formula is C13H16ClN3O. The van der Waals surface area contributed by atoms with E-state index < -0.39 is 0 Å². The van der Waals surface area contributed by atoms with Gasteiger partial charge in [-0.1, -0.05) is 12.1 Å². The number of rotatable bonds is 0. The van der Waals surface area contributed by atoms with E-state index in [4.69, 9.17) is 0 Å². The van der Waals surface area contributed by atoms with Gasteiger partial charge >= 0.3 is 0 Å². The summed E-state index contributed by atoms with van der Waals surface area (Å²) in [7, 11) is 0. The van der Waals surface area contributed by atoms with Crippen molar-refractivity contribution in [2.75, 3.05) is 5.32 Å². The molecule has 3 aliphatic rings. The third kappa shape index (κ3) is 1.45. The van der Waals surface area contributed by atoms with Crippen molar-refractivity contribution in [3.63, 3.8) is 0 Å². The predicted octanol–water partition coefficient (Wildman–Crippen LogP) is 1.48. The summed E-state index contributed by atoms with van der Waals surface area (Å²) in [6.07, 6.45) is 3.35. The number of carbonyl (C=O) groups is 1. The van der Waals surface area contributed by atoms with Gasteiger partial charge in [0.05, 0.1) is 5.56 Å². The normalized spacial score (nSPS) is 35.7. The van der Waals surface area contributed by atoms with Gasteiger partial charge < -0.3 is 16.0 Å². The van der Waals surface area contributed by atoms with Crippen LogP contribution in [0.3, 0.4) is 0 Å². The van der Waals surface area contributed by atoms with Gasteiger partial charge in [-0.05, 0) is 25.0 Å². The van der Waals surface area contributed by atoms with E-state index in [-0.39, 0.29) is 24.0 Å². The zero-order valence-electron chi connectivity index (χ0n) is 9.90. The van der Waals surface area contributed by atoms with Crippen molar-refractivity contribution >= 4 is 24.0 Å². The maximum atomic E-state index is 12.1. The highest BCUT2D eigenvalue weighted by atomic mass is 35.5. The van der Waals surface area contributed by atoms with E-state index in [2.05, 4.69) is 16.0 Å². The fourth-order valence-corrected chi connectivity index (χ4v) is 3.51. The van der Waals surface area contributed by atoms with Gasteiger partial charge in [-0.3, -0.25) is 4.79 Å². The number of carbonyl (C=O) groups excluding carboxylic acids is 1. The first kappa shape index (κ1) is 11.8. The Morgan fingerprint density at radius 1 is 1.17 bits per heavy atom. The van der Waals surface area contributed by atoms with Crippen molar-refractivity contribution in [1.82, 2.24) is 10.6 Å². The van der Waals surface area contributed by atoms with Crippen molar-refractivity contribution in [2.24, 2.45) is 0 Å². The zero-order chi connectivity index (χ0) is 11.5. The predicted molar refractivity (Wildman–Crippen MR) is 72.1 cm³/mol. The highest BCUT2D eigenvalue weighted by molar-refractivity contribution is 6.02. The van der Waals surface area contributed by atoms with Crippen LogP contribution in [0.15, 0.2) is 24.3 Å². The molecular weight excluding hydrogens is 250 g/mol. The minimum Gasteiger partial charge on any atom is -0.361 e. The summed E-state index contributed by atoms with van der Waals surface area (Å²) in [6, 6.07) is 8.64. The quantitative estimate of drug-likeness (QED) is 0.666. The van der Waals surface area contributed by atoms with Gasteiger partial charge in [0.1, 0.15) is 5.66 Å². The van der Waals surface area contributed by atoms with Crippen molar-refractivity contribution in [2.45, 2.75) is 37.0 Å². The Labute approximate surface area is 112 Å². The van der Waals surface area contributed by atoms with Crippen LogP contribution in [0.25, 0.3) is 0 Å². The minimum absolute atomic E-state index is 0. The monoisotopic (exact) mass is 265 g/mol. The van der Waals surface area contributed by atoms with Gasteiger partial charge in [-0.25, -0.2) is 0 Å². The molecule has 3 heterocycles. The lowest BCUT2D eigenvalue weighted by molar-refractivity contribution is 0.0885. The summed E-state index contributed by atoms with van der Waals surface area (Å²) in [5.41, 5.74) is 1.46. The fourth-order valence-electron chi connectivity index (χ4n) is 3.51. The molecule has 2 saturated heterocycles. The van der Waals surface area contributed by atoms with Crippen LogP contribution in [-0.2, 0) is 0 Å². The second kappa shape index (κ2) is 3.87. The summed E-state index contributed by atoms with van der Waals surface area (Å²) >= 11 is 0. The first-order chi connectivity index (χ1) is 8.27. The van der Waals surface area contributed by atoms with E-state index in [1.54, 1.807) is 0 Å². The number of anilines is 1. The lowest BCUT2D eigenvalue weighted by Crippen LogP contribution is -2.63. The van der Waals surface area contributed by atoms with Crippen LogP contribution in [0.4, 0.5) is 5.69 Å². The molecule has 3 unspecified atom stereocenters. The van der Waals surface area contributed by atoms with Crippen LogP contribution in [0.2, 0.25) is 0 Å². The van der Waals surface area contributed by atoms with Crippen LogP contribution >= 0.6 is 12.4 Å². The zero-order valence-corrected chi connectivity index (χ0v) is 10.7. The molecule has 3 aliphatic heterocycles. The largest absolute Gasteiger partial charge is 0.361 e. The maximum absolute atomic E-state index is 12.1. The molecule has 2 bridgehead atoms. The molecule has 96 valence electrons. The molecule has 4 rings (SSSR count). The first-order valence-electron chi connectivity index (χ1n) is 6.23. The highest BCUT2D eigenvalue weighted by Crippen LogP contribution is 2.40. The fraction of sp³-hybridized carbons (Fsp3) is 0.462. The van der Waals surface area contributed by atoms with Crippen LogP contribution in [-0.4, -0.2) is 23.7 Å². The van der Waals surface area contributed by atoms with Crippen molar-refractivity contribution in [1.29, 1.82) is 0 Å². The molecule has 5 heteroatoms. The van der Waals surface area contributed by atoms with Crippen molar-refractivity contribution in [3.8, 4) is 0 Å². The summed E-state index contributed by atoms with van der Waals surface area (Å²) in [4.78, 5) is 12.1. The van der Waals surface area contributed by atoms with Gasteiger partial charge in [-0.2, -0.15) is 0 Å². The Morgan fingerprint density at radius 3 is 2.72 bits per heavy atom. The van der Waals surface area contributed by atoms with E-state index in [9.17, 15) is 4.79 Å². The smallest absolute Gasteiger partial charge is 0.255 e. The minimum atomic E-state index is -0.256. The Kier molecular flexibility index (Phi) is 2.54. The van der Waals surface area contributed by atoms with Gasteiger partial charge in [0.25, 0.3) is 5.91 Å². The van der Waals surface area contributed by atoms with Crippen molar-refractivity contribution in [3.05, 3.63) is 29.8 Å². The van der Waals surface area contributed by atoms with E-state index in [1.165, 1.54) is 6.42 Å². The molecule has 3 N–H and O–H groups in total. The number of hydrogen-bond donors (Lipinski definition) is 3. The van der Waals surface area contributed by atoms with Gasteiger partial charge in [0.2, 0.25) is 0 Å². The summed E-state index contributed by atoms with van der Waals surface area (Å²) in [6.45, 7) is 0. The maximum Gasteiger partial charge on any atom is 0.255 e. The number of fused-ring (bicyclic) bond motifs is 4. The van der Waals surface area contributed by atoms with Crippen LogP contribution in [0, 0.1) is 0 Å². The summed E-state index contributed by atoms with van der Waals surface area (Å²) in [5.74, 6) is 0.0497. The standard InChI is InChI=1S/C13H15N3O.ClH/c17-12-9-3-1-2-4-10(9)15-13(16-12)7-8-5-6-11(13)14-8;/h1-4,8,11,14-15H,5-7H2,(H,16,17);1H. The average Bonchev–Trinajstić information content (AvgIpc) is 2.89. The second-order valence-corrected chi connectivity index (χ2v) is 5.29. The van der Waals surface area contributed by atoms with E-state index in [1.807, 2.05) is 24.3 Å². The Morgan fingerprint density at radius 2 is 2.00 bits per heavy atom. The second-order valence-electron chi connectivity index (χ2n) is 5.29. The van der Waals surface area contributed by atoms with E-state index in [0.29, 0.717) is 12.1 Å². The van der Waals surface area contributed by atoms with Crippen molar-refractivity contribution < 1.29 is 4.79 Å². The third-order valence-electron chi connectivity index (χ3n) is 4.27. The van der Waals surface area contributed by atoms with Crippen LogP contribution in [0.5, 0.6) is 0 Å². The van der Waals surface area contributed by atoms with Crippen LogP contribution in [0.1, 0.15) is 29.6 Å². The molecule has 1 amide bonds. The Hall–Kier alpha value is -1.26. The average molecular weight is 266 g/mol. The molecule has 2 fully saturated rings. The molecule has 0 aromatic heterocycles. The lowest BCUT2D eigenvalue weighted by Gasteiger charge is -2.42. The number of amides is 1.